The molecule has 3 nitrogen and oxygen atoms in total. The molecule has 15 heavy (non-hydrogen) atoms. The van der Waals surface area contributed by atoms with E-state index in [0.717, 1.165) is 12.2 Å². The fourth-order valence-electron chi connectivity index (χ4n) is 1.85. The number of hydrogen-bond acceptors (Lipinski definition) is 3. The zero-order chi connectivity index (χ0) is 10.8. The van der Waals surface area contributed by atoms with Crippen molar-refractivity contribution in [2.24, 2.45) is 5.73 Å². The van der Waals surface area contributed by atoms with Crippen molar-refractivity contribution in [2.75, 3.05) is 7.11 Å². The Morgan fingerprint density at radius 1 is 1.27 bits per heavy atom. The van der Waals surface area contributed by atoms with Crippen molar-refractivity contribution in [3.05, 3.63) is 29.8 Å². The largest absolute Gasteiger partial charge is 0.488 e. The van der Waals surface area contributed by atoms with E-state index in [1.165, 1.54) is 5.56 Å². The minimum atomic E-state index is 0.0336. The van der Waals surface area contributed by atoms with E-state index in [1.807, 2.05) is 24.3 Å². The Hall–Kier alpha value is -1.06. The van der Waals surface area contributed by atoms with Crippen LogP contribution < -0.4 is 10.5 Å². The van der Waals surface area contributed by atoms with Crippen LogP contribution in [-0.4, -0.2) is 25.4 Å². The Kier molecular flexibility index (Phi) is 2.93. The van der Waals surface area contributed by atoms with Crippen LogP contribution in [0.15, 0.2) is 24.3 Å². The fraction of sp³-hybridized carbons (Fsp3) is 0.500. The first kappa shape index (κ1) is 10.5. The summed E-state index contributed by atoms with van der Waals surface area (Å²) < 4.78 is 11.0. The van der Waals surface area contributed by atoms with Gasteiger partial charge >= 0.3 is 0 Å². The summed E-state index contributed by atoms with van der Waals surface area (Å²) in [6.07, 6.45) is 1.01. The van der Waals surface area contributed by atoms with Crippen molar-refractivity contribution in [1.29, 1.82) is 0 Å². The minimum Gasteiger partial charge on any atom is -0.488 e. The van der Waals surface area contributed by atoms with Crippen molar-refractivity contribution < 1.29 is 9.47 Å². The molecule has 0 radical (unpaired) electrons. The van der Waals surface area contributed by atoms with Crippen molar-refractivity contribution in [3.63, 3.8) is 0 Å². The molecule has 2 N–H and O–H groups in total. The van der Waals surface area contributed by atoms with Gasteiger partial charge in [-0.15, -0.1) is 0 Å². The van der Waals surface area contributed by atoms with E-state index in [0.29, 0.717) is 0 Å². The van der Waals surface area contributed by atoms with Gasteiger partial charge in [-0.1, -0.05) is 17.7 Å². The average molecular weight is 207 g/mol. The zero-order valence-corrected chi connectivity index (χ0v) is 9.14. The van der Waals surface area contributed by atoms with Crippen LogP contribution in [0.5, 0.6) is 5.75 Å². The highest BCUT2D eigenvalue weighted by Gasteiger charge is 2.40. The highest BCUT2D eigenvalue weighted by atomic mass is 16.5. The van der Waals surface area contributed by atoms with Gasteiger partial charge in [-0.3, -0.25) is 0 Å². The van der Waals surface area contributed by atoms with E-state index in [2.05, 4.69) is 6.92 Å². The Balaban J connectivity index is 1.95. The van der Waals surface area contributed by atoms with Crippen molar-refractivity contribution in [1.82, 2.24) is 0 Å². The van der Waals surface area contributed by atoms with Gasteiger partial charge in [0.05, 0.1) is 0 Å². The summed E-state index contributed by atoms with van der Waals surface area (Å²) in [7, 11) is 1.68. The lowest BCUT2D eigenvalue weighted by Crippen LogP contribution is -2.59. The molecule has 1 fully saturated rings. The van der Waals surface area contributed by atoms with Gasteiger partial charge in [-0.2, -0.15) is 0 Å². The van der Waals surface area contributed by atoms with Gasteiger partial charge in [0.2, 0.25) is 0 Å². The van der Waals surface area contributed by atoms with Crippen LogP contribution >= 0.6 is 0 Å². The molecule has 0 saturated heterocycles. The predicted molar refractivity (Wildman–Crippen MR) is 59.0 cm³/mol. The summed E-state index contributed by atoms with van der Waals surface area (Å²) in [6, 6.07) is 8.15. The lowest BCUT2D eigenvalue weighted by Gasteiger charge is -2.40. The molecule has 1 aromatic rings. The molecule has 1 aliphatic carbocycles. The topological polar surface area (TPSA) is 44.5 Å². The van der Waals surface area contributed by atoms with Crippen molar-refractivity contribution in [3.8, 4) is 5.75 Å². The summed E-state index contributed by atoms with van der Waals surface area (Å²) >= 11 is 0. The van der Waals surface area contributed by atoms with E-state index < -0.39 is 0 Å². The second-order valence-electron chi connectivity index (χ2n) is 4.07. The highest BCUT2D eigenvalue weighted by molar-refractivity contribution is 5.27. The molecular weight excluding hydrogens is 190 g/mol. The first-order chi connectivity index (χ1) is 7.20. The van der Waals surface area contributed by atoms with Gasteiger partial charge in [-0.05, 0) is 19.1 Å². The first-order valence-corrected chi connectivity index (χ1v) is 5.22. The molecule has 0 spiro atoms. The van der Waals surface area contributed by atoms with Crippen LogP contribution in [0.3, 0.4) is 0 Å². The Labute approximate surface area is 90.2 Å². The number of rotatable bonds is 3. The predicted octanol–water partition coefficient (Wildman–Crippen LogP) is 1.49. The molecule has 0 aliphatic heterocycles. The average Bonchev–Trinajstić information content (AvgIpc) is 2.21. The number of aryl methyl sites for hydroxylation is 1. The Morgan fingerprint density at radius 3 is 2.47 bits per heavy atom. The second kappa shape index (κ2) is 4.21. The van der Waals surface area contributed by atoms with Crippen LogP contribution in [0, 0.1) is 6.92 Å². The maximum absolute atomic E-state index is 5.80. The van der Waals surface area contributed by atoms with Gasteiger partial charge in [-0.25, -0.2) is 0 Å². The molecule has 1 aromatic carbocycles. The Bertz CT molecular complexity index is 323. The van der Waals surface area contributed by atoms with Crippen LogP contribution in [0.1, 0.15) is 12.0 Å². The molecule has 3 unspecified atom stereocenters. The van der Waals surface area contributed by atoms with Crippen LogP contribution in [0.25, 0.3) is 0 Å². The molecule has 1 saturated carbocycles. The normalized spacial score (nSPS) is 29.7. The monoisotopic (exact) mass is 207 g/mol. The third-order valence-electron chi connectivity index (χ3n) is 2.87. The van der Waals surface area contributed by atoms with Crippen LogP contribution in [-0.2, 0) is 4.74 Å². The summed E-state index contributed by atoms with van der Waals surface area (Å²) in [5.41, 5.74) is 7.03. The molecule has 0 heterocycles. The smallest absolute Gasteiger partial charge is 0.128 e. The number of nitrogens with two attached hydrogens (primary N) is 1. The molecule has 1 aliphatic rings. The quantitative estimate of drug-likeness (QED) is 0.816. The number of ether oxygens (including phenoxy) is 2. The van der Waals surface area contributed by atoms with Crippen molar-refractivity contribution in [2.45, 2.75) is 31.6 Å². The maximum Gasteiger partial charge on any atom is 0.128 e. The van der Waals surface area contributed by atoms with Gasteiger partial charge in [0.15, 0.2) is 0 Å². The first-order valence-electron chi connectivity index (χ1n) is 5.22. The third-order valence-corrected chi connectivity index (χ3v) is 2.87. The number of hydrogen-bond donors (Lipinski definition) is 1. The standard InChI is InChI=1S/C12H17NO2/c1-8-3-5-9(6-4-8)15-11-7-10(13)12(11)14-2/h3-6,10-12H,7,13H2,1-2H3. The molecule has 0 bridgehead atoms. The second-order valence-corrected chi connectivity index (χ2v) is 4.07. The van der Waals surface area contributed by atoms with Gasteiger partial charge < -0.3 is 15.2 Å². The highest BCUT2D eigenvalue weighted by Crippen LogP contribution is 2.27. The molecule has 82 valence electrons. The number of benzene rings is 1. The molecule has 0 aromatic heterocycles. The fourth-order valence-corrected chi connectivity index (χ4v) is 1.85. The molecule has 0 amide bonds. The summed E-state index contributed by atoms with van der Waals surface area (Å²) in [5, 5.41) is 0. The van der Waals surface area contributed by atoms with Crippen LogP contribution in [0.4, 0.5) is 0 Å². The van der Waals surface area contributed by atoms with E-state index in [1.54, 1.807) is 7.11 Å². The van der Waals surface area contributed by atoms with E-state index >= 15 is 0 Å². The van der Waals surface area contributed by atoms with E-state index in [4.69, 9.17) is 15.2 Å². The van der Waals surface area contributed by atoms with E-state index in [-0.39, 0.29) is 18.2 Å². The van der Waals surface area contributed by atoms with Crippen LogP contribution in [0.2, 0.25) is 0 Å². The van der Waals surface area contributed by atoms with E-state index in [9.17, 15) is 0 Å². The van der Waals surface area contributed by atoms with Gasteiger partial charge in [0.25, 0.3) is 0 Å². The molecule has 3 heteroatoms. The van der Waals surface area contributed by atoms with Gasteiger partial charge in [0.1, 0.15) is 18.0 Å². The minimum absolute atomic E-state index is 0.0336. The lowest BCUT2D eigenvalue weighted by atomic mass is 9.86. The third kappa shape index (κ3) is 2.13. The van der Waals surface area contributed by atoms with Gasteiger partial charge in [0, 0.05) is 19.6 Å². The molecule has 3 atom stereocenters. The zero-order valence-electron chi connectivity index (χ0n) is 9.14. The van der Waals surface area contributed by atoms with Crippen molar-refractivity contribution >= 4 is 0 Å². The summed E-state index contributed by atoms with van der Waals surface area (Å²) in [5.74, 6) is 0.888. The summed E-state index contributed by atoms with van der Waals surface area (Å²) in [6.45, 7) is 2.06. The lowest BCUT2D eigenvalue weighted by molar-refractivity contribution is -0.0782. The SMILES string of the molecule is COC1C(N)CC1Oc1ccc(C)cc1. The summed E-state index contributed by atoms with van der Waals surface area (Å²) in [4.78, 5) is 0. The number of methoxy groups -OCH3 is 1. The maximum atomic E-state index is 5.80. The Morgan fingerprint density at radius 2 is 1.93 bits per heavy atom. The molecule has 2 rings (SSSR count). The molecular formula is C12H17NO2.